The summed E-state index contributed by atoms with van der Waals surface area (Å²) in [5, 5.41) is 10.7. The van der Waals surface area contributed by atoms with Gasteiger partial charge in [-0.1, -0.05) is 0 Å². The van der Waals surface area contributed by atoms with Crippen molar-refractivity contribution in [1.82, 2.24) is 10.4 Å². The fraction of sp³-hybridized carbons (Fsp3) is 0.429. The topological polar surface area (TPSA) is 88.2 Å². The quantitative estimate of drug-likeness (QED) is 0.288. The molecule has 1 heterocycles. The van der Waals surface area contributed by atoms with Gasteiger partial charge in [0.1, 0.15) is 0 Å². The lowest BCUT2D eigenvalue weighted by Gasteiger charge is -1.94. The highest BCUT2D eigenvalue weighted by Gasteiger charge is 2.08. The van der Waals surface area contributed by atoms with Crippen LogP contribution in [0, 0.1) is 0 Å². The number of nitrogens with two attached hydrogens (primary N) is 1. The lowest BCUT2D eigenvalue weighted by atomic mass is 10.5. The molecule has 1 rings (SSSR count). The first kappa shape index (κ1) is 11.4. The number of aromatic nitrogens is 1. The maximum Gasteiger partial charge on any atom is 0.294 e. The average Bonchev–Trinajstić information content (AvgIpc) is 2.66. The van der Waals surface area contributed by atoms with Gasteiger partial charge < -0.3 is 5.11 Å². The summed E-state index contributed by atoms with van der Waals surface area (Å²) in [4.78, 5) is 15.1. The first-order valence-corrected chi connectivity index (χ1v) is 5.95. The summed E-state index contributed by atoms with van der Waals surface area (Å²) in [5.74, 6) is 5.98. The van der Waals surface area contributed by atoms with Crippen LogP contribution in [0.15, 0.2) is 5.38 Å². The third kappa shape index (κ3) is 3.26. The Hall–Kier alpha value is -0.630. The molecule has 0 spiro atoms. The van der Waals surface area contributed by atoms with Crippen LogP contribution in [0.1, 0.15) is 15.5 Å². The van der Waals surface area contributed by atoms with E-state index in [1.807, 2.05) is 10.8 Å². The molecular weight excluding hydrogens is 222 g/mol. The van der Waals surface area contributed by atoms with E-state index in [2.05, 4.69) is 4.98 Å². The maximum absolute atomic E-state index is 11.0. The zero-order valence-electron chi connectivity index (χ0n) is 7.40. The molecule has 4 N–H and O–H groups in total. The maximum atomic E-state index is 11.0. The normalized spacial score (nSPS) is 10.1. The van der Waals surface area contributed by atoms with Gasteiger partial charge in [-0.2, -0.15) is 11.8 Å². The van der Waals surface area contributed by atoms with Gasteiger partial charge in [-0.25, -0.2) is 10.8 Å². The predicted octanol–water partition coefficient (Wildman–Crippen LogP) is -0.0279. The van der Waals surface area contributed by atoms with Crippen molar-refractivity contribution in [3.05, 3.63) is 16.1 Å². The molecule has 0 aliphatic carbocycles. The number of nitrogen functional groups attached to an aromatic ring is 1. The van der Waals surface area contributed by atoms with Crippen molar-refractivity contribution in [3.63, 3.8) is 0 Å². The lowest BCUT2D eigenvalue weighted by molar-refractivity contribution is 0.0953. The van der Waals surface area contributed by atoms with E-state index in [1.165, 1.54) is 11.3 Å². The molecule has 14 heavy (non-hydrogen) atoms. The summed E-state index contributed by atoms with van der Waals surface area (Å²) in [7, 11) is 0. The second kappa shape index (κ2) is 5.97. The molecule has 5 nitrogen and oxygen atoms in total. The van der Waals surface area contributed by atoms with Crippen LogP contribution < -0.4 is 11.3 Å². The molecule has 0 aliphatic heterocycles. The molecule has 1 aromatic rings. The molecule has 0 saturated carbocycles. The van der Waals surface area contributed by atoms with Gasteiger partial charge in [0, 0.05) is 16.9 Å². The minimum Gasteiger partial charge on any atom is -0.396 e. The van der Waals surface area contributed by atoms with Gasteiger partial charge in [-0.3, -0.25) is 10.2 Å². The van der Waals surface area contributed by atoms with Crippen LogP contribution in [0.3, 0.4) is 0 Å². The Morgan fingerprint density at radius 1 is 1.79 bits per heavy atom. The molecule has 0 unspecified atom stereocenters. The van der Waals surface area contributed by atoms with E-state index < -0.39 is 0 Å². The molecule has 0 atom stereocenters. The molecule has 0 aromatic carbocycles. The predicted molar refractivity (Wildman–Crippen MR) is 57.0 cm³/mol. The van der Waals surface area contributed by atoms with Crippen LogP contribution >= 0.6 is 23.1 Å². The smallest absolute Gasteiger partial charge is 0.294 e. The SMILES string of the molecule is NNC(=O)c1nc(CSCCO)cs1. The number of hydrogen-bond donors (Lipinski definition) is 3. The molecule has 78 valence electrons. The summed E-state index contributed by atoms with van der Waals surface area (Å²) in [6.07, 6.45) is 0. The van der Waals surface area contributed by atoms with Crippen LogP contribution in [-0.4, -0.2) is 28.4 Å². The molecule has 7 heteroatoms. The van der Waals surface area contributed by atoms with Gasteiger partial charge in [0.25, 0.3) is 5.91 Å². The van der Waals surface area contributed by atoms with Crippen molar-refractivity contribution in [3.8, 4) is 0 Å². The number of thioether (sulfide) groups is 1. The number of carbonyl (C=O) groups excluding carboxylic acids is 1. The van der Waals surface area contributed by atoms with Gasteiger partial charge in [-0.15, -0.1) is 11.3 Å². The van der Waals surface area contributed by atoms with Gasteiger partial charge in [0.2, 0.25) is 0 Å². The van der Waals surface area contributed by atoms with Crippen molar-refractivity contribution in [2.45, 2.75) is 5.75 Å². The van der Waals surface area contributed by atoms with Crippen molar-refractivity contribution in [1.29, 1.82) is 0 Å². The van der Waals surface area contributed by atoms with Gasteiger partial charge >= 0.3 is 0 Å². The molecule has 0 aliphatic rings. The van der Waals surface area contributed by atoms with E-state index in [0.29, 0.717) is 16.5 Å². The van der Waals surface area contributed by atoms with Gasteiger partial charge in [-0.05, 0) is 0 Å². The van der Waals surface area contributed by atoms with Crippen LogP contribution in [0.4, 0.5) is 0 Å². The molecule has 0 saturated heterocycles. The third-order valence-corrected chi connectivity index (χ3v) is 3.22. The van der Waals surface area contributed by atoms with Crippen LogP contribution in [0.5, 0.6) is 0 Å². The number of nitrogens with one attached hydrogen (secondary N) is 1. The summed E-state index contributed by atoms with van der Waals surface area (Å²) in [6.45, 7) is 0.158. The molecule has 0 bridgehead atoms. The highest BCUT2D eigenvalue weighted by atomic mass is 32.2. The molecule has 0 fully saturated rings. The van der Waals surface area contributed by atoms with E-state index in [-0.39, 0.29) is 12.5 Å². The molecule has 0 radical (unpaired) electrons. The zero-order chi connectivity index (χ0) is 10.4. The van der Waals surface area contributed by atoms with Crippen LogP contribution in [0.25, 0.3) is 0 Å². The Kier molecular flexibility index (Phi) is 4.88. The second-order valence-corrected chi connectivity index (χ2v) is 4.36. The fourth-order valence-electron chi connectivity index (χ4n) is 0.781. The number of aliphatic hydroxyl groups excluding tert-OH is 1. The number of carbonyl (C=O) groups is 1. The highest BCUT2D eigenvalue weighted by Crippen LogP contribution is 2.15. The number of rotatable bonds is 5. The Balaban J connectivity index is 2.46. The Bertz CT molecular complexity index is 303. The minimum absolute atomic E-state index is 0.158. The number of nitrogens with zero attached hydrogens (tertiary/aromatic N) is 1. The third-order valence-electron chi connectivity index (χ3n) is 1.36. The monoisotopic (exact) mass is 233 g/mol. The Labute approximate surface area is 89.7 Å². The zero-order valence-corrected chi connectivity index (χ0v) is 9.03. The van der Waals surface area contributed by atoms with Crippen LogP contribution in [0.2, 0.25) is 0 Å². The van der Waals surface area contributed by atoms with Crippen LogP contribution in [-0.2, 0) is 5.75 Å². The van der Waals surface area contributed by atoms with Gasteiger partial charge in [0.05, 0.1) is 12.3 Å². The molecular formula is C7H11N3O2S2. The van der Waals surface area contributed by atoms with Crippen molar-refractivity contribution in [2.24, 2.45) is 5.84 Å². The van der Waals surface area contributed by atoms with Crippen molar-refractivity contribution >= 4 is 29.0 Å². The van der Waals surface area contributed by atoms with E-state index in [9.17, 15) is 4.79 Å². The first-order valence-electron chi connectivity index (χ1n) is 3.92. The Morgan fingerprint density at radius 2 is 2.57 bits per heavy atom. The van der Waals surface area contributed by atoms with E-state index in [4.69, 9.17) is 10.9 Å². The first-order chi connectivity index (χ1) is 6.77. The number of thiazole rings is 1. The second-order valence-electron chi connectivity index (χ2n) is 2.39. The largest absolute Gasteiger partial charge is 0.396 e. The average molecular weight is 233 g/mol. The summed E-state index contributed by atoms with van der Waals surface area (Å²) >= 11 is 2.83. The van der Waals surface area contributed by atoms with Crippen molar-refractivity contribution < 1.29 is 9.90 Å². The number of amides is 1. The number of hydrazine groups is 1. The lowest BCUT2D eigenvalue weighted by Crippen LogP contribution is -2.29. The van der Waals surface area contributed by atoms with Crippen molar-refractivity contribution in [2.75, 3.05) is 12.4 Å². The molecule has 1 amide bonds. The fourth-order valence-corrected chi connectivity index (χ4v) is 2.24. The van der Waals surface area contributed by atoms with E-state index >= 15 is 0 Å². The Morgan fingerprint density at radius 3 is 3.21 bits per heavy atom. The summed E-state index contributed by atoms with van der Waals surface area (Å²) < 4.78 is 0. The van der Waals surface area contributed by atoms with E-state index in [0.717, 1.165) is 5.69 Å². The number of aliphatic hydroxyl groups is 1. The molecule has 1 aromatic heterocycles. The summed E-state index contributed by atoms with van der Waals surface area (Å²) in [6, 6.07) is 0. The standard InChI is InChI=1S/C7H11N3O2S2/c8-10-6(12)7-9-5(4-14-7)3-13-2-1-11/h4,11H,1-3,8H2,(H,10,12). The number of hydrogen-bond acceptors (Lipinski definition) is 6. The highest BCUT2D eigenvalue weighted by molar-refractivity contribution is 7.98. The summed E-state index contributed by atoms with van der Waals surface area (Å²) in [5.41, 5.74) is 2.86. The van der Waals surface area contributed by atoms with E-state index in [1.54, 1.807) is 11.8 Å². The minimum atomic E-state index is -0.367. The van der Waals surface area contributed by atoms with Gasteiger partial charge in [0.15, 0.2) is 5.01 Å².